The Hall–Kier alpha value is -3.98. The molecule has 0 saturated carbocycles. The van der Waals surface area contributed by atoms with Crippen molar-refractivity contribution >= 4 is 23.9 Å². The van der Waals surface area contributed by atoms with Gasteiger partial charge in [0.25, 0.3) is 5.91 Å². The van der Waals surface area contributed by atoms with Crippen molar-refractivity contribution < 1.29 is 9.53 Å². The highest BCUT2D eigenvalue weighted by Crippen LogP contribution is 2.29. The molecule has 0 unspecified atom stereocenters. The second-order valence-electron chi connectivity index (χ2n) is 7.07. The molecule has 166 valence electrons. The summed E-state index contributed by atoms with van der Waals surface area (Å²) in [6.07, 6.45) is 4.88. The van der Waals surface area contributed by atoms with Gasteiger partial charge in [0, 0.05) is 29.2 Å². The van der Waals surface area contributed by atoms with Crippen LogP contribution in [0.1, 0.15) is 11.1 Å². The van der Waals surface area contributed by atoms with Crippen LogP contribution in [0.5, 0.6) is 5.75 Å². The molecule has 4 rings (SSSR count). The van der Waals surface area contributed by atoms with Gasteiger partial charge in [0.15, 0.2) is 11.0 Å². The van der Waals surface area contributed by atoms with Gasteiger partial charge in [0.05, 0.1) is 19.1 Å². The number of pyridine rings is 1. The SMILES string of the molecule is COc1ccc(-n2c(SCC(=O)N/N=C/c3cccnc3)nnc2-c2ccc(C)cc2)cc1. The Morgan fingerprint density at radius 3 is 2.61 bits per heavy atom. The zero-order valence-electron chi connectivity index (χ0n) is 18.2. The zero-order chi connectivity index (χ0) is 23.0. The van der Waals surface area contributed by atoms with Gasteiger partial charge >= 0.3 is 0 Å². The highest BCUT2D eigenvalue weighted by atomic mass is 32.2. The molecule has 0 spiro atoms. The first kappa shape index (κ1) is 22.2. The maximum absolute atomic E-state index is 12.3. The van der Waals surface area contributed by atoms with E-state index in [1.807, 2.05) is 66.1 Å². The number of methoxy groups -OCH3 is 1. The predicted molar refractivity (Wildman–Crippen MR) is 129 cm³/mol. The number of hydrazone groups is 1. The number of carbonyl (C=O) groups excluding carboxylic acids is 1. The quantitative estimate of drug-likeness (QED) is 0.245. The third-order valence-corrected chi connectivity index (χ3v) is 5.62. The molecule has 2 aromatic heterocycles. The van der Waals surface area contributed by atoms with Gasteiger partial charge in [-0.3, -0.25) is 14.3 Å². The van der Waals surface area contributed by atoms with Crippen molar-refractivity contribution in [1.29, 1.82) is 0 Å². The van der Waals surface area contributed by atoms with Crippen molar-refractivity contribution in [2.24, 2.45) is 5.10 Å². The van der Waals surface area contributed by atoms with Gasteiger partial charge in [0.2, 0.25) is 0 Å². The Labute approximate surface area is 195 Å². The van der Waals surface area contributed by atoms with Crippen molar-refractivity contribution in [1.82, 2.24) is 25.2 Å². The van der Waals surface area contributed by atoms with E-state index in [0.717, 1.165) is 28.1 Å². The minimum absolute atomic E-state index is 0.132. The summed E-state index contributed by atoms with van der Waals surface area (Å²) in [6, 6.07) is 19.3. The number of aromatic nitrogens is 4. The number of rotatable bonds is 8. The second-order valence-corrected chi connectivity index (χ2v) is 8.02. The molecular formula is C24H22N6O2S. The molecule has 8 nitrogen and oxygen atoms in total. The first-order chi connectivity index (χ1) is 16.1. The van der Waals surface area contributed by atoms with E-state index in [2.05, 4.69) is 25.7 Å². The first-order valence-corrected chi connectivity index (χ1v) is 11.1. The average molecular weight is 459 g/mol. The number of hydrogen-bond acceptors (Lipinski definition) is 7. The number of amides is 1. The third kappa shape index (κ3) is 5.64. The summed E-state index contributed by atoms with van der Waals surface area (Å²) in [5.74, 6) is 1.33. The number of aryl methyl sites for hydroxylation is 1. The van der Waals surface area contributed by atoms with E-state index in [9.17, 15) is 4.79 Å². The highest BCUT2D eigenvalue weighted by molar-refractivity contribution is 7.99. The number of ether oxygens (including phenoxy) is 1. The molecule has 1 amide bonds. The fraction of sp³-hybridized carbons (Fsp3) is 0.125. The lowest BCUT2D eigenvalue weighted by Crippen LogP contribution is -2.20. The summed E-state index contributed by atoms with van der Waals surface area (Å²) < 4.78 is 7.21. The molecule has 33 heavy (non-hydrogen) atoms. The van der Waals surface area contributed by atoms with Gasteiger partial charge in [-0.05, 0) is 37.3 Å². The first-order valence-electron chi connectivity index (χ1n) is 10.2. The minimum atomic E-state index is -0.249. The van der Waals surface area contributed by atoms with E-state index in [1.165, 1.54) is 11.8 Å². The van der Waals surface area contributed by atoms with Gasteiger partial charge in [-0.1, -0.05) is 47.7 Å². The lowest BCUT2D eigenvalue weighted by molar-refractivity contribution is -0.118. The van der Waals surface area contributed by atoms with Crippen LogP contribution < -0.4 is 10.2 Å². The minimum Gasteiger partial charge on any atom is -0.497 e. The molecule has 0 bridgehead atoms. The monoisotopic (exact) mass is 458 g/mol. The van der Waals surface area contributed by atoms with E-state index in [4.69, 9.17) is 4.74 Å². The van der Waals surface area contributed by atoms with Gasteiger partial charge in [-0.2, -0.15) is 5.10 Å². The van der Waals surface area contributed by atoms with Crippen molar-refractivity contribution in [3.63, 3.8) is 0 Å². The van der Waals surface area contributed by atoms with Crippen molar-refractivity contribution in [2.45, 2.75) is 12.1 Å². The molecule has 0 fully saturated rings. The van der Waals surface area contributed by atoms with E-state index in [0.29, 0.717) is 11.0 Å². The van der Waals surface area contributed by atoms with Crippen LogP contribution in [0.15, 0.2) is 83.3 Å². The summed E-state index contributed by atoms with van der Waals surface area (Å²) in [6.45, 7) is 2.04. The molecule has 2 aromatic carbocycles. The molecule has 0 saturated heterocycles. The highest BCUT2D eigenvalue weighted by Gasteiger charge is 2.17. The number of thioether (sulfide) groups is 1. The van der Waals surface area contributed by atoms with Crippen molar-refractivity contribution in [3.8, 4) is 22.8 Å². The van der Waals surface area contributed by atoms with Crippen LogP contribution in [-0.4, -0.2) is 44.7 Å². The summed E-state index contributed by atoms with van der Waals surface area (Å²) in [5.41, 5.74) is 6.29. The molecule has 4 aromatic rings. The lowest BCUT2D eigenvalue weighted by atomic mass is 10.1. The molecule has 0 radical (unpaired) electrons. The molecule has 9 heteroatoms. The van der Waals surface area contributed by atoms with Crippen molar-refractivity contribution in [3.05, 3.63) is 84.2 Å². The van der Waals surface area contributed by atoms with Crippen LogP contribution in [0, 0.1) is 6.92 Å². The predicted octanol–water partition coefficient (Wildman–Crippen LogP) is 3.89. The number of nitrogens with zero attached hydrogens (tertiary/aromatic N) is 5. The smallest absolute Gasteiger partial charge is 0.250 e. The zero-order valence-corrected chi connectivity index (χ0v) is 19.0. The van der Waals surface area contributed by atoms with Crippen LogP contribution in [0.2, 0.25) is 0 Å². The van der Waals surface area contributed by atoms with Gasteiger partial charge < -0.3 is 4.74 Å². The molecule has 0 atom stereocenters. The number of carbonyl (C=O) groups is 1. The lowest BCUT2D eigenvalue weighted by Gasteiger charge is -2.11. The maximum atomic E-state index is 12.3. The maximum Gasteiger partial charge on any atom is 0.250 e. The normalized spacial score (nSPS) is 11.0. The molecule has 0 aliphatic carbocycles. The van der Waals surface area contributed by atoms with Gasteiger partial charge in [-0.25, -0.2) is 5.43 Å². The number of hydrogen-bond donors (Lipinski definition) is 1. The van der Waals surface area contributed by atoms with E-state index in [1.54, 1.807) is 31.8 Å². The van der Waals surface area contributed by atoms with Crippen LogP contribution in [0.25, 0.3) is 17.1 Å². The van der Waals surface area contributed by atoms with E-state index >= 15 is 0 Å². The molecule has 2 heterocycles. The molecule has 0 aliphatic rings. The Balaban J connectivity index is 1.53. The summed E-state index contributed by atoms with van der Waals surface area (Å²) >= 11 is 1.28. The fourth-order valence-corrected chi connectivity index (χ4v) is 3.75. The summed E-state index contributed by atoms with van der Waals surface area (Å²) in [7, 11) is 1.63. The Morgan fingerprint density at radius 1 is 1.12 bits per heavy atom. The van der Waals surface area contributed by atoms with Crippen LogP contribution in [-0.2, 0) is 4.79 Å². The van der Waals surface area contributed by atoms with E-state index < -0.39 is 0 Å². The van der Waals surface area contributed by atoms with Crippen LogP contribution in [0.3, 0.4) is 0 Å². The largest absolute Gasteiger partial charge is 0.497 e. The summed E-state index contributed by atoms with van der Waals surface area (Å²) in [4.78, 5) is 16.3. The number of nitrogens with one attached hydrogen (secondary N) is 1. The second kappa shape index (κ2) is 10.6. The Morgan fingerprint density at radius 2 is 1.91 bits per heavy atom. The number of benzene rings is 2. The van der Waals surface area contributed by atoms with Crippen LogP contribution in [0.4, 0.5) is 0 Å². The van der Waals surface area contributed by atoms with Gasteiger partial charge in [-0.15, -0.1) is 10.2 Å². The molecule has 1 N–H and O–H groups in total. The molecular weight excluding hydrogens is 436 g/mol. The van der Waals surface area contributed by atoms with Gasteiger partial charge in [0.1, 0.15) is 5.75 Å². The topological polar surface area (TPSA) is 94.3 Å². The molecule has 0 aliphatic heterocycles. The summed E-state index contributed by atoms with van der Waals surface area (Å²) in [5, 5.41) is 13.3. The van der Waals surface area contributed by atoms with E-state index in [-0.39, 0.29) is 11.7 Å². The third-order valence-electron chi connectivity index (χ3n) is 4.69. The average Bonchev–Trinajstić information content (AvgIpc) is 3.28. The fourth-order valence-electron chi connectivity index (χ4n) is 3.01. The Kier molecular flexibility index (Phi) is 7.11. The Bertz CT molecular complexity index is 1240. The van der Waals surface area contributed by atoms with Crippen LogP contribution >= 0.6 is 11.8 Å². The van der Waals surface area contributed by atoms with Crippen molar-refractivity contribution in [2.75, 3.05) is 12.9 Å². The standard InChI is InChI=1S/C24H22N6O2S/c1-17-5-7-19(8-6-17)23-28-29-24(30(23)20-9-11-21(32-2)12-10-20)33-16-22(31)27-26-15-18-4-3-13-25-14-18/h3-15H,16H2,1-2H3,(H,27,31)/b26-15+.